The van der Waals surface area contributed by atoms with Crippen LogP contribution < -0.4 is 0 Å². The second kappa shape index (κ2) is 5.73. The monoisotopic (exact) mass is 364 g/mol. The van der Waals surface area contributed by atoms with Gasteiger partial charge in [0.2, 0.25) is 0 Å². The Kier molecular flexibility index (Phi) is 4.10. The summed E-state index contributed by atoms with van der Waals surface area (Å²) in [5, 5.41) is 34.7. The highest BCUT2D eigenvalue weighted by atomic mass is 35.5. The fourth-order valence-electron chi connectivity index (χ4n) is 6.98. The quantitative estimate of drug-likeness (QED) is 0.457. The Labute approximate surface area is 155 Å². The largest absolute Gasteiger partial charge is 0.392 e. The lowest BCUT2D eigenvalue weighted by atomic mass is 9.45. The predicted octanol–water partition coefficient (Wildman–Crippen LogP) is 3.21. The van der Waals surface area contributed by atoms with Crippen molar-refractivity contribution in [3.8, 4) is 11.3 Å². The van der Waals surface area contributed by atoms with Crippen LogP contribution >= 0.6 is 11.6 Å². The van der Waals surface area contributed by atoms with E-state index < -0.39 is 11.7 Å². The second-order valence-electron chi connectivity index (χ2n) is 9.35. The lowest BCUT2D eigenvalue weighted by Gasteiger charge is -2.60. The summed E-state index contributed by atoms with van der Waals surface area (Å²) >= 11 is 5.66. The Balaban J connectivity index is 1.73. The van der Waals surface area contributed by atoms with Crippen LogP contribution in [0, 0.1) is 39.9 Å². The fraction of sp³-hybridized carbons (Fsp3) is 0.810. The van der Waals surface area contributed by atoms with Gasteiger partial charge in [-0.3, -0.25) is 0 Å². The maximum absolute atomic E-state index is 11.2. The minimum absolute atomic E-state index is 0.0727. The third kappa shape index (κ3) is 2.31. The topological polar surface area (TPSA) is 60.7 Å². The lowest BCUT2D eigenvalue weighted by Crippen LogP contribution is -2.58. The minimum atomic E-state index is -1.04. The molecule has 8 atom stereocenters. The molecule has 0 aromatic rings. The SMILES string of the molecule is C[C@]12CCC(O)C=C1CC(O)[C@@H]1[C@H]2CC[C@@]2(C)[C@H]1CCC2(O)C#CCl. The molecule has 0 bridgehead atoms. The van der Waals surface area contributed by atoms with E-state index in [0.29, 0.717) is 18.8 Å². The van der Waals surface area contributed by atoms with E-state index in [-0.39, 0.29) is 28.8 Å². The molecule has 3 unspecified atom stereocenters. The van der Waals surface area contributed by atoms with Gasteiger partial charge in [-0.05, 0) is 79.7 Å². The second-order valence-corrected chi connectivity index (χ2v) is 9.54. The third-order valence-corrected chi connectivity index (χ3v) is 8.61. The highest BCUT2D eigenvalue weighted by Gasteiger charge is 2.65. The first kappa shape index (κ1) is 17.9. The van der Waals surface area contributed by atoms with Gasteiger partial charge in [-0.2, -0.15) is 0 Å². The third-order valence-electron chi connectivity index (χ3n) is 8.52. The molecule has 4 rings (SSSR count). The summed E-state index contributed by atoms with van der Waals surface area (Å²) in [5.74, 6) is 3.77. The molecule has 4 heteroatoms. The van der Waals surface area contributed by atoms with Crippen molar-refractivity contribution in [3.05, 3.63) is 11.6 Å². The van der Waals surface area contributed by atoms with Crippen molar-refractivity contribution in [2.45, 2.75) is 76.6 Å². The molecule has 0 radical (unpaired) electrons. The van der Waals surface area contributed by atoms with Gasteiger partial charge in [0, 0.05) is 10.8 Å². The molecule has 3 nitrogen and oxygen atoms in total. The van der Waals surface area contributed by atoms with Crippen molar-refractivity contribution in [2.24, 2.45) is 28.6 Å². The number of rotatable bonds is 0. The summed E-state index contributed by atoms with van der Waals surface area (Å²) < 4.78 is 0. The Morgan fingerprint density at radius 2 is 1.80 bits per heavy atom. The molecule has 3 fully saturated rings. The minimum Gasteiger partial charge on any atom is -0.392 e. The first-order chi connectivity index (χ1) is 11.7. The Hall–Kier alpha value is -0.530. The number of hydrogen-bond donors (Lipinski definition) is 3. The molecule has 4 aliphatic rings. The number of fused-ring (bicyclic) bond motifs is 5. The molecule has 4 aliphatic carbocycles. The van der Waals surface area contributed by atoms with E-state index in [4.69, 9.17) is 11.6 Å². The van der Waals surface area contributed by atoms with Gasteiger partial charge in [0.1, 0.15) is 5.60 Å². The van der Waals surface area contributed by atoms with Crippen LogP contribution in [0.2, 0.25) is 0 Å². The van der Waals surface area contributed by atoms with Crippen LogP contribution in [-0.2, 0) is 0 Å². The van der Waals surface area contributed by atoms with Crippen molar-refractivity contribution in [3.63, 3.8) is 0 Å². The van der Waals surface area contributed by atoms with E-state index in [9.17, 15) is 15.3 Å². The smallest absolute Gasteiger partial charge is 0.132 e. The Morgan fingerprint density at radius 1 is 1.08 bits per heavy atom. The van der Waals surface area contributed by atoms with E-state index in [1.165, 1.54) is 5.57 Å². The maximum Gasteiger partial charge on any atom is 0.132 e. The lowest BCUT2D eigenvalue weighted by molar-refractivity contribution is -0.136. The summed E-state index contributed by atoms with van der Waals surface area (Å²) in [6, 6.07) is 0. The van der Waals surface area contributed by atoms with Gasteiger partial charge in [-0.1, -0.05) is 31.4 Å². The zero-order chi connectivity index (χ0) is 18.0. The number of aliphatic hydroxyl groups is 3. The summed E-state index contributed by atoms with van der Waals surface area (Å²) in [6.07, 6.45) is 7.13. The Bertz CT molecular complexity index is 664. The molecule has 0 saturated heterocycles. The molecule has 0 amide bonds. The standard InChI is InChI=1S/C21H29ClO3/c1-19-6-3-14(23)11-13(19)12-17(24)18-15(19)4-7-20(2)16(18)5-8-21(20,25)9-10-22/h11,14-18,23-25H,3-8,12H2,1-2H3/t14?,15-,16+,17?,18-,19+,20+,21?/m1/s1. The molecular formula is C21H29ClO3. The summed E-state index contributed by atoms with van der Waals surface area (Å²) in [5.41, 5.74) is -0.0202. The van der Waals surface area contributed by atoms with E-state index >= 15 is 0 Å². The van der Waals surface area contributed by atoms with Gasteiger partial charge in [0.05, 0.1) is 12.2 Å². The molecule has 138 valence electrons. The van der Waals surface area contributed by atoms with Gasteiger partial charge in [0.15, 0.2) is 0 Å². The van der Waals surface area contributed by atoms with E-state index in [2.05, 4.69) is 25.1 Å². The summed E-state index contributed by atoms with van der Waals surface area (Å²) in [4.78, 5) is 0. The average molecular weight is 365 g/mol. The Morgan fingerprint density at radius 3 is 2.52 bits per heavy atom. The van der Waals surface area contributed by atoms with E-state index in [1.54, 1.807) is 0 Å². The highest BCUT2D eigenvalue weighted by Crippen LogP contribution is 2.67. The highest BCUT2D eigenvalue weighted by molar-refractivity contribution is 6.30. The van der Waals surface area contributed by atoms with Crippen molar-refractivity contribution in [1.29, 1.82) is 0 Å². The summed E-state index contributed by atoms with van der Waals surface area (Å²) in [7, 11) is 0. The first-order valence-corrected chi connectivity index (χ1v) is 10.1. The van der Waals surface area contributed by atoms with Gasteiger partial charge >= 0.3 is 0 Å². The van der Waals surface area contributed by atoms with Gasteiger partial charge in [0.25, 0.3) is 0 Å². The molecule has 0 aromatic heterocycles. The maximum atomic E-state index is 11.2. The van der Waals surface area contributed by atoms with Crippen LogP contribution in [-0.4, -0.2) is 33.1 Å². The molecule has 0 spiro atoms. The van der Waals surface area contributed by atoms with Crippen LogP contribution in [0.1, 0.15) is 58.8 Å². The average Bonchev–Trinajstić information content (AvgIpc) is 2.81. The van der Waals surface area contributed by atoms with Crippen LogP contribution in [0.15, 0.2) is 11.6 Å². The van der Waals surface area contributed by atoms with E-state index in [1.807, 2.05) is 6.08 Å². The van der Waals surface area contributed by atoms with Gasteiger partial charge in [-0.15, -0.1) is 0 Å². The first-order valence-electron chi connectivity index (χ1n) is 9.68. The molecule has 3 saturated carbocycles. The van der Waals surface area contributed by atoms with E-state index in [0.717, 1.165) is 32.1 Å². The van der Waals surface area contributed by atoms with Crippen molar-refractivity contribution < 1.29 is 15.3 Å². The van der Waals surface area contributed by atoms with Crippen LogP contribution in [0.4, 0.5) is 0 Å². The fourth-order valence-corrected chi connectivity index (χ4v) is 7.13. The zero-order valence-corrected chi connectivity index (χ0v) is 15.9. The van der Waals surface area contributed by atoms with Gasteiger partial charge in [-0.25, -0.2) is 0 Å². The molecule has 25 heavy (non-hydrogen) atoms. The van der Waals surface area contributed by atoms with Crippen LogP contribution in [0.5, 0.6) is 0 Å². The predicted molar refractivity (Wildman–Crippen MR) is 97.7 cm³/mol. The molecular weight excluding hydrogens is 336 g/mol. The zero-order valence-electron chi connectivity index (χ0n) is 15.1. The number of hydrogen-bond acceptors (Lipinski definition) is 3. The van der Waals surface area contributed by atoms with Crippen LogP contribution in [0.3, 0.4) is 0 Å². The number of aliphatic hydroxyl groups excluding tert-OH is 2. The van der Waals surface area contributed by atoms with Gasteiger partial charge < -0.3 is 15.3 Å². The van der Waals surface area contributed by atoms with Crippen LogP contribution in [0.25, 0.3) is 0 Å². The summed E-state index contributed by atoms with van der Waals surface area (Å²) in [6.45, 7) is 4.48. The number of halogens is 1. The van der Waals surface area contributed by atoms with Crippen molar-refractivity contribution in [1.82, 2.24) is 0 Å². The molecule has 3 N–H and O–H groups in total. The van der Waals surface area contributed by atoms with Crippen molar-refractivity contribution >= 4 is 11.6 Å². The van der Waals surface area contributed by atoms with Crippen molar-refractivity contribution in [2.75, 3.05) is 0 Å². The normalized spacial score (nSPS) is 54.5. The molecule has 0 heterocycles. The molecule has 0 aliphatic heterocycles. The molecule has 0 aromatic carbocycles.